The summed E-state index contributed by atoms with van der Waals surface area (Å²) < 4.78 is 39.1. The average Bonchev–Trinajstić information content (AvgIpc) is 0.844. The number of nitrogens with two attached hydrogens (primary N) is 1. The third-order valence-electron chi connectivity index (χ3n) is 16.2. The maximum Gasteiger partial charge on any atom is 0.408 e. The first-order chi connectivity index (χ1) is 47.2. The van der Waals surface area contributed by atoms with Gasteiger partial charge in [-0.15, -0.1) is 11.8 Å². The fraction of sp³-hybridized carbons (Fsp3) is 0.466. The van der Waals surface area contributed by atoms with Crippen molar-refractivity contribution in [1.82, 2.24) is 47.3 Å². The van der Waals surface area contributed by atoms with Gasteiger partial charge in [-0.05, 0) is 113 Å². The lowest BCUT2D eigenvalue weighted by atomic mass is 9.85. The zero-order chi connectivity index (χ0) is 72.0. The molecule has 0 aromatic heterocycles. The highest BCUT2D eigenvalue weighted by Gasteiger charge is 2.38. The molecule has 1 saturated carbocycles. The molecule has 6 atom stereocenters. The van der Waals surface area contributed by atoms with Crippen molar-refractivity contribution in [2.24, 2.45) is 11.7 Å². The van der Waals surface area contributed by atoms with E-state index in [-0.39, 0.29) is 73.0 Å². The van der Waals surface area contributed by atoms with E-state index in [4.69, 9.17) is 15.2 Å². The first kappa shape index (κ1) is 79.5. The molecule has 5 aromatic carbocycles. The number of aryl methyl sites for hydroxylation is 1. The van der Waals surface area contributed by atoms with Crippen LogP contribution in [0.5, 0.6) is 5.75 Å². The largest absolute Gasteiger partial charge is 0.494 e. The lowest BCUT2D eigenvalue weighted by Crippen LogP contribution is -2.61. The number of hydrogen-bond donors (Lipinski definition) is 10. The van der Waals surface area contributed by atoms with E-state index in [1.807, 2.05) is 74.5 Å². The van der Waals surface area contributed by atoms with Gasteiger partial charge in [-0.25, -0.2) is 17.9 Å². The van der Waals surface area contributed by atoms with Crippen molar-refractivity contribution in [3.63, 3.8) is 0 Å². The van der Waals surface area contributed by atoms with Gasteiger partial charge in [0.05, 0.1) is 17.9 Å². The van der Waals surface area contributed by atoms with Gasteiger partial charge in [0, 0.05) is 60.9 Å². The van der Waals surface area contributed by atoms with E-state index in [9.17, 15) is 51.6 Å². The summed E-state index contributed by atoms with van der Waals surface area (Å²) in [6.45, 7) is 12.0. The Labute approximate surface area is 590 Å². The van der Waals surface area contributed by atoms with Crippen molar-refractivity contribution in [2.45, 2.75) is 182 Å². The van der Waals surface area contributed by atoms with Crippen LogP contribution in [0.25, 0.3) is 0 Å². The Bertz CT molecular complexity index is 3540. The van der Waals surface area contributed by atoms with Gasteiger partial charge in [0.1, 0.15) is 47.6 Å². The van der Waals surface area contributed by atoms with Crippen LogP contribution in [0.3, 0.4) is 0 Å². The third kappa shape index (κ3) is 28.4. The molecule has 0 bridgehead atoms. The Morgan fingerprint density at radius 3 is 1.65 bits per heavy atom. The van der Waals surface area contributed by atoms with Crippen molar-refractivity contribution in [2.75, 3.05) is 32.0 Å². The number of sulfonamides is 1. The predicted octanol–water partition coefficient (Wildman–Crippen LogP) is 6.98. The zero-order valence-corrected chi connectivity index (χ0v) is 60.1. The smallest absolute Gasteiger partial charge is 0.408 e. The van der Waals surface area contributed by atoms with E-state index in [0.717, 1.165) is 60.1 Å². The SMILES string of the molecule is CCOc1ccc(C[C@@H](NC(=O)CC2(SCc3ccccc3)CCCCC2)C(=O)N[C@@H](Cc2ccccc2)C(=O)N[C@H](C(=O)N[C@@H](CC(N)=O)C(=O)N[C@@H](CSCc2ccccc2)C(=O)NCCNC(=O)[C@@H](CCCNS(=O)(=O)c2ccc(C)cc2)NC(=O)OC(C)(C)C)C(C)C)cc1. The second-order valence-corrected chi connectivity index (χ2v) is 30.2. The molecule has 0 heterocycles. The molecule has 0 radical (unpaired) electrons. The minimum Gasteiger partial charge on any atom is -0.494 e. The number of carbonyl (C=O) groups is 9. The number of ether oxygens (including phenoxy) is 2. The van der Waals surface area contributed by atoms with Crippen LogP contribution in [0.15, 0.2) is 144 Å². The van der Waals surface area contributed by atoms with Crippen LogP contribution in [0.2, 0.25) is 0 Å². The molecule has 0 unspecified atom stereocenters. The topological polar surface area (TPSA) is 341 Å². The van der Waals surface area contributed by atoms with Gasteiger partial charge in [0.15, 0.2) is 0 Å². The van der Waals surface area contributed by atoms with Crippen LogP contribution in [0.1, 0.15) is 127 Å². The Morgan fingerprint density at radius 2 is 1.08 bits per heavy atom. The number of thioether (sulfide) groups is 2. The molecule has 536 valence electrons. The maximum atomic E-state index is 14.9. The lowest BCUT2D eigenvalue weighted by Gasteiger charge is -2.37. The van der Waals surface area contributed by atoms with E-state index in [2.05, 4.69) is 59.4 Å². The maximum absolute atomic E-state index is 14.9. The van der Waals surface area contributed by atoms with Gasteiger partial charge in [-0.1, -0.05) is 154 Å². The van der Waals surface area contributed by atoms with Crippen LogP contribution in [0, 0.1) is 12.8 Å². The van der Waals surface area contributed by atoms with Crippen LogP contribution in [-0.2, 0) is 77.5 Å². The second-order valence-electron chi connectivity index (χ2n) is 26.0. The number of hydrogen-bond acceptors (Lipinski definition) is 15. The van der Waals surface area contributed by atoms with Crippen molar-refractivity contribution in [1.29, 1.82) is 0 Å². The first-order valence-corrected chi connectivity index (χ1v) is 37.3. The molecule has 99 heavy (non-hydrogen) atoms. The molecule has 6 rings (SSSR count). The highest BCUT2D eigenvalue weighted by atomic mass is 32.2. The Morgan fingerprint density at radius 1 is 0.566 bits per heavy atom. The summed E-state index contributed by atoms with van der Waals surface area (Å²) in [5, 5.41) is 22.0. The quantitative estimate of drug-likeness (QED) is 0.0177. The summed E-state index contributed by atoms with van der Waals surface area (Å²) in [7, 11) is -3.87. The molecular weight excluding hydrogens is 1320 g/mol. The standard InChI is InChI=1S/C73H98N10O13S3/c1-8-95-55-33-31-52(32-34-55)43-58(78-63(85)45-73(37-19-12-20-38-73)98-47-54-26-17-11-18-27-54)67(88)79-59(42-51-22-13-9-14-23-51)69(90)83-64(49(2)3)70(91)80-60(44-62(74)84)68(89)81-61(48-97-46-53-24-15-10-16-25-53)66(87)76-41-40-75-65(86)57(82-71(92)96-72(5,6)7)28-21-39-77-99(93,94)56-35-29-50(4)30-36-56/h9-11,13-18,22-27,29-36,49,57-61,64,77H,8,12,19-21,28,37-48H2,1-7H3,(H2,74,84)(H,75,86)(H,76,87)(H,78,85)(H,79,88)(H,80,91)(H,81,89)(H,82,92)(H,83,90)/t57-,58-,59+,60+,61+,64+/m1/s1. The summed E-state index contributed by atoms with van der Waals surface area (Å²) in [5.74, 6) is -4.79. The van der Waals surface area contributed by atoms with Gasteiger partial charge in [0.2, 0.25) is 57.3 Å². The summed E-state index contributed by atoms with van der Waals surface area (Å²) >= 11 is 3.07. The fourth-order valence-corrected chi connectivity index (χ4v) is 14.6. The summed E-state index contributed by atoms with van der Waals surface area (Å²) in [6, 6.07) is 33.9. The number of carbonyl (C=O) groups excluding carboxylic acids is 9. The van der Waals surface area contributed by atoms with Crippen molar-refractivity contribution in [3.05, 3.63) is 167 Å². The molecule has 11 N–H and O–H groups in total. The van der Waals surface area contributed by atoms with Crippen molar-refractivity contribution in [3.8, 4) is 5.75 Å². The fourth-order valence-electron chi connectivity index (χ4n) is 11.0. The Balaban J connectivity index is 1.15. The number of rotatable bonds is 39. The van der Waals surface area contributed by atoms with Gasteiger partial charge in [-0.2, -0.15) is 11.8 Å². The third-order valence-corrected chi connectivity index (χ3v) is 20.4. The molecule has 1 fully saturated rings. The number of amides is 9. The van der Waals surface area contributed by atoms with Crippen LogP contribution < -0.4 is 57.7 Å². The highest BCUT2D eigenvalue weighted by Crippen LogP contribution is 2.44. The van der Waals surface area contributed by atoms with Crippen LogP contribution in [0.4, 0.5) is 4.79 Å². The second kappa shape index (κ2) is 40.0. The minimum absolute atomic E-state index is 0.00715. The number of alkyl carbamates (subject to hydrolysis) is 1. The highest BCUT2D eigenvalue weighted by molar-refractivity contribution is 8.00. The normalized spacial score (nSPS) is 14.7. The molecule has 9 amide bonds. The van der Waals surface area contributed by atoms with Crippen molar-refractivity contribution >= 4 is 86.9 Å². The molecule has 1 aliphatic carbocycles. The number of primary amides is 1. The Hall–Kier alpha value is -8.46. The van der Waals surface area contributed by atoms with E-state index in [0.29, 0.717) is 23.7 Å². The van der Waals surface area contributed by atoms with Crippen molar-refractivity contribution < 1.29 is 61.0 Å². The summed E-state index contributed by atoms with van der Waals surface area (Å²) in [5.41, 5.74) is 9.12. The molecule has 0 saturated heterocycles. The molecule has 0 aliphatic heterocycles. The molecule has 0 spiro atoms. The van der Waals surface area contributed by atoms with Gasteiger partial charge in [-0.3, -0.25) is 38.4 Å². The lowest BCUT2D eigenvalue weighted by molar-refractivity contribution is -0.136. The van der Waals surface area contributed by atoms with Gasteiger partial charge >= 0.3 is 6.09 Å². The van der Waals surface area contributed by atoms with E-state index < -0.39 is 112 Å². The number of nitrogens with one attached hydrogen (secondary N) is 9. The molecule has 5 aromatic rings. The first-order valence-electron chi connectivity index (χ1n) is 33.7. The average molecular weight is 1420 g/mol. The summed E-state index contributed by atoms with van der Waals surface area (Å²) in [4.78, 5) is 127. The minimum atomic E-state index is -3.87. The molecular formula is C73H98N10O13S3. The van der Waals surface area contributed by atoms with Crippen LogP contribution >= 0.6 is 23.5 Å². The molecule has 26 heteroatoms. The number of benzene rings is 5. The monoisotopic (exact) mass is 1420 g/mol. The van der Waals surface area contributed by atoms with Gasteiger partial charge in [0.25, 0.3) is 0 Å². The molecule has 23 nitrogen and oxygen atoms in total. The van der Waals surface area contributed by atoms with Gasteiger partial charge < -0.3 is 57.7 Å². The van der Waals surface area contributed by atoms with E-state index in [1.165, 1.54) is 23.9 Å². The Kier molecular flexibility index (Phi) is 32.1. The summed E-state index contributed by atoms with van der Waals surface area (Å²) in [6.07, 6.45) is 3.39. The van der Waals surface area contributed by atoms with Crippen LogP contribution in [-0.4, -0.2) is 140 Å². The predicted molar refractivity (Wildman–Crippen MR) is 385 cm³/mol. The zero-order valence-electron chi connectivity index (χ0n) is 57.7. The van der Waals surface area contributed by atoms with E-state index in [1.54, 1.807) is 101 Å². The van der Waals surface area contributed by atoms with E-state index >= 15 is 0 Å². The molecule has 1 aliphatic rings.